The first-order valence-corrected chi connectivity index (χ1v) is 7.14. The van der Waals surface area contributed by atoms with E-state index < -0.39 is 5.97 Å². The van der Waals surface area contributed by atoms with Gasteiger partial charge in [0.05, 0.1) is 22.2 Å². The molecule has 1 aromatic heterocycles. The van der Waals surface area contributed by atoms with Gasteiger partial charge in [-0.1, -0.05) is 0 Å². The zero-order valence-corrected chi connectivity index (χ0v) is 11.9. The van der Waals surface area contributed by atoms with Crippen LogP contribution >= 0.6 is 15.9 Å². The van der Waals surface area contributed by atoms with Crippen molar-refractivity contribution < 1.29 is 14.6 Å². The first-order chi connectivity index (χ1) is 9.08. The monoisotopic (exact) mass is 326 g/mol. The Hall–Kier alpha value is -1.14. The molecule has 1 saturated carbocycles. The summed E-state index contributed by atoms with van der Waals surface area (Å²) in [5, 5.41) is 12.1. The summed E-state index contributed by atoms with van der Waals surface area (Å²) in [5.41, 5.74) is 0.280. The van der Waals surface area contributed by atoms with Crippen LogP contribution in [-0.2, 0) is 4.74 Å². The van der Waals surface area contributed by atoms with E-state index in [0.717, 1.165) is 25.5 Å². The first kappa shape index (κ1) is 12.9. The number of carboxylic acids is 1. The minimum Gasteiger partial charge on any atom is -0.478 e. The second-order valence-corrected chi connectivity index (χ2v) is 6.16. The van der Waals surface area contributed by atoms with Gasteiger partial charge < -0.3 is 15.2 Å². The molecule has 2 N–H and O–H groups in total. The molecule has 4 rings (SSSR count). The molecule has 0 amide bonds. The zero-order chi connectivity index (χ0) is 13.5. The van der Waals surface area contributed by atoms with Crippen LogP contribution in [0.5, 0.6) is 0 Å². The summed E-state index contributed by atoms with van der Waals surface area (Å²) >= 11 is 3.33. The lowest BCUT2D eigenvalue weighted by molar-refractivity contribution is -0.00269. The number of aromatic nitrogens is 1. The highest BCUT2D eigenvalue weighted by Crippen LogP contribution is 2.50. The molecule has 3 heterocycles. The lowest BCUT2D eigenvalue weighted by Gasteiger charge is -2.36. The minimum absolute atomic E-state index is 0.102. The number of fused-ring (bicyclic) bond motifs is 1. The average Bonchev–Trinajstić information content (AvgIpc) is 2.90. The molecule has 0 atom stereocenters. The van der Waals surface area contributed by atoms with Crippen molar-refractivity contribution in [2.24, 2.45) is 5.92 Å². The number of rotatable bonds is 5. The van der Waals surface area contributed by atoms with E-state index >= 15 is 0 Å². The normalized spacial score (nSPS) is 27.9. The van der Waals surface area contributed by atoms with E-state index in [1.54, 1.807) is 6.07 Å². The van der Waals surface area contributed by atoms with Crippen molar-refractivity contribution in [3.8, 4) is 0 Å². The molecular weight excluding hydrogens is 312 g/mol. The minimum atomic E-state index is -0.974. The van der Waals surface area contributed by atoms with Crippen LogP contribution in [0.25, 0.3) is 0 Å². The Labute approximate surface area is 119 Å². The number of nitrogens with one attached hydrogen (secondary N) is 1. The molecule has 1 aliphatic carbocycles. The number of carbonyl (C=O) groups is 1. The Bertz CT molecular complexity index is 509. The van der Waals surface area contributed by atoms with Gasteiger partial charge in [0, 0.05) is 12.7 Å². The predicted octanol–water partition coefficient (Wildman–Crippen LogP) is 2.52. The van der Waals surface area contributed by atoms with Crippen LogP contribution < -0.4 is 5.32 Å². The lowest BCUT2D eigenvalue weighted by Crippen LogP contribution is -2.38. The molecule has 0 spiro atoms. The van der Waals surface area contributed by atoms with Crippen molar-refractivity contribution in [2.45, 2.75) is 24.9 Å². The largest absolute Gasteiger partial charge is 0.478 e. The van der Waals surface area contributed by atoms with E-state index in [0.29, 0.717) is 10.3 Å². The standard InChI is InChI=1S/C13H15BrN2O3/c14-10-3-9(12(17)18)6-16-11(10)15-2-1-13-4-8(5-13)7-19-13/h3,6,8H,1-2,4-5,7H2,(H,15,16)(H,17,18). The van der Waals surface area contributed by atoms with Gasteiger partial charge in [0.1, 0.15) is 5.82 Å². The fraction of sp³-hybridized carbons (Fsp3) is 0.538. The topological polar surface area (TPSA) is 71.5 Å². The van der Waals surface area contributed by atoms with Crippen LogP contribution in [0.15, 0.2) is 16.7 Å². The van der Waals surface area contributed by atoms with Gasteiger partial charge in [-0.05, 0) is 47.2 Å². The molecule has 3 aliphatic rings. The van der Waals surface area contributed by atoms with E-state index in [4.69, 9.17) is 9.84 Å². The Morgan fingerprint density at radius 1 is 1.63 bits per heavy atom. The summed E-state index contributed by atoms with van der Waals surface area (Å²) in [6, 6.07) is 1.56. The van der Waals surface area contributed by atoms with Crippen LogP contribution in [0.4, 0.5) is 5.82 Å². The third-order valence-electron chi connectivity index (χ3n) is 3.91. The van der Waals surface area contributed by atoms with E-state index in [-0.39, 0.29) is 11.2 Å². The second-order valence-electron chi connectivity index (χ2n) is 5.30. The van der Waals surface area contributed by atoms with Crippen molar-refractivity contribution in [3.05, 3.63) is 22.3 Å². The Kier molecular flexibility index (Phi) is 3.22. The second kappa shape index (κ2) is 4.76. The number of anilines is 1. The molecule has 0 radical (unpaired) electrons. The van der Waals surface area contributed by atoms with Gasteiger partial charge in [-0.3, -0.25) is 0 Å². The number of carboxylic acid groups (broad SMARTS) is 1. The van der Waals surface area contributed by atoms with Crippen LogP contribution in [-0.4, -0.2) is 34.8 Å². The number of ether oxygens (including phenoxy) is 1. The third kappa shape index (κ3) is 2.47. The Morgan fingerprint density at radius 2 is 2.42 bits per heavy atom. The number of pyridine rings is 1. The van der Waals surface area contributed by atoms with Gasteiger partial charge in [-0.25, -0.2) is 9.78 Å². The van der Waals surface area contributed by atoms with Gasteiger partial charge in [0.25, 0.3) is 0 Å². The Morgan fingerprint density at radius 3 is 3.00 bits per heavy atom. The summed E-state index contributed by atoms with van der Waals surface area (Å²) in [6.07, 6.45) is 4.69. The van der Waals surface area contributed by atoms with E-state index in [1.165, 1.54) is 19.0 Å². The highest BCUT2D eigenvalue weighted by molar-refractivity contribution is 9.10. The van der Waals surface area contributed by atoms with Gasteiger partial charge in [-0.2, -0.15) is 0 Å². The summed E-state index contributed by atoms with van der Waals surface area (Å²) in [6.45, 7) is 1.69. The van der Waals surface area contributed by atoms with Gasteiger partial charge >= 0.3 is 5.97 Å². The summed E-state index contributed by atoms with van der Waals surface area (Å²) in [5.74, 6) is 0.480. The lowest BCUT2D eigenvalue weighted by atomic mass is 9.73. The van der Waals surface area contributed by atoms with Crippen molar-refractivity contribution in [1.29, 1.82) is 0 Å². The first-order valence-electron chi connectivity index (χ1n) is 6.35. The van der Waals surface area contributed by atoms with Crippen molar-refractivity contribution in [1.82, 2.24) is 4.98 Å². The number of hydrogen-bond acceptors (Lipinski definition) is 4. The zero-order valence-electron chi connectivity index (χ0n) is 10.4. The molecule has 0 aromatic carbocycles. The molecule has 5 nitrogen and oxygen atoms in total. The Balaban J connectivity index is 1.56. The summed E-state index contributed by atoms with van der Waals surface area (Å²) in [7, 11) is 0. The number of nitrogens with zero attached hydrogens (tertiary/aromatic N) is 1. The maximum atomic E-state index is 10.8. The molecule has 2 saturated heterocycles. The molecular formula is C13H15BrN2O3. The van der Waals surface area contributed by atoms with Gasteiger partial charge in [0.2, 0.25) is 0 Å². The number of hydrogen-bond donors (Lipinski definition) is 2. The van der Waals surface area contributed by atoms with Crippen LogP contribution in [0.3, 0.4) is 0 Å². The van der Waals surface area contributed by atoms with Crippen LogP contribution in [0.1, 0.15) is 29.6 Å². The smallest absolute Gasteiger partial charge is 0.337 e. The fourth-order valence-electron chi connectivity index (χ4n) is 2.89. The fourth-order valence-corrected chi connectivity index (χ4v) is 3.38. The van der Waals surface area contributed by atoms with Crippen LogP contribution in [0.2, 0.25) is 0 Å². The summed E-state index contributed by atoms with van der Waals surface area (Å²) in [4.78, 5) is 14.9. The highest BCUT2D eigenvalue weighted by atomic mass is 79.9. The molecule has 102 valence electrons. The van der Waals surface area contributed by atoms with Crippen molar-refractivity contribution in [3.63, 3.8) is 0 Å². The maximum absolute atomic E-state index is 10.8. The average molecular weight is 327 g/mol. The predicted molar refractivity (Wildman–Crippen MR) is 73.4 cm³/mol. The SMILES string of the molecule is O=C(O)c1cnc(NCCC23CC(CO2)C3)c(Br)c1. The number of halogens is 1. The molecule has 0 unspecified atom stereocenters. The molecule has 6 heteroatoms. The third-order valence-corrected chi connectivity index (χ3v) is 4.51. The van der Waals surface area contributed by atoms with E-state index in [2.05, 4.69) is 26.2 Å². The molecule has 2 aliphatic heterocycles. The van der Waals surface area contributed by atoms with E-state index in [1.807, 2.05) is 0 Å². The molecule has 2 bridgehead atoms. The van der Waals surface area contributed by atoms with Crippen LogP contribution in [0, 0.1) is 5.92 Å². The molecule has 19 heavy (non-hydrogen) atoms. The quantitative estimate of drug-likeness (QED) is 0.869. The molecule has 3 fully saturated rings. The number of aromatic carboxylic acids is 1. The van der Waals surface area contributed by atoms with Crippen molar-refractivity contribution >= 4 is 27.7 Å². The van der Waals surface area contributed by atoms with E-state index in [9.17, 15) is 4.79 Å². The summed E-state index contributed by atoms with van der Waals surface area (Å²) < 4.78 is 6.45. The van der Waals surface area contributed by atoms with Gasteiger partial charge in [0.15, 0.2) is 0 Å². The van der Waals surface area contributed by atoms with Crippen molar-refractivity contribution in [2.75, 3.05) is 18.5 Å². The molecule has 1 aromatic rings. The van der Waals surface area contributed by atoms with Gasteiger partial charge in [-0.15, -0.1) is 0 Å². The highest BCUT2D eigenvalue weighted by Gasteiger charge is 2.51. The maximum Gasteiger partial charge on any atom is 0.337 e.